The van der Waals surface area contributed by atoms with Gasteiger partial charge in [0.1, 0.15) is 5.66 Å². The van der Waals surface area contributed by atoms with E-state index in [4.69, 9.17) is 47.6 Å². The Bertz CT molecular complexity index is 914. The molecule has 162 valence electrons. The molecular weight excluding hydrogens is 467 g/mol. The molecule has 2 saturated heterocycles. The van der Waals surface area contributed by atoms with Crippen molar-refractivity contribution in [2.24, 2.45) is 11.8 Å². The lowest BCUT2D eigenvalue weighted by atomic mass is 9.68. The maximum absolute atomic E-state index is 6.16. The van der Waals surface area contributed by atoms with Crippen molar-refractivity contribution in [3.63, 3.8) is 0 Å². The Morgan fingerprint density at radius 3 is 1.45 bits per heavy atom. The zero-order valence-corrected chi connectivity index (χ0v) is 20.0. The first-order chi connectivity index (χ1) is 15.0. The summed E-state index contributed by atoms with van der Waals surface area (Å²) in [7, 11) is 0. The van der Waals surface area contributed by atoms with Crippen LogP contribution in [0.3, 0.4) is 0 Å². The number of hydrogen-bond donors (Lipinski definition) is 4. The predicted molar refractivity (Wildman–Crippen MR) is 134 cm³/mol. The van der Waals surface area contributed by atoms with Crippen molar-refractivity contribution in [1.82, 2.24) is 21.3 Å². The Morgan fingerprint density at radius 1 is 0.677 bits per heavy atom. The largest absolute Gasteiger partial charge is 0.355 e. The summed E-state index contributed by atoms with van der Waals surface area (Å²) >= 11 is 23.8. The maximum Gasteiger partial charge on any atom is 0.168 e. The molecule has 0 radical (unpaired) electrons. The minimum atomic E-state index is -0.435. The highest BCUT2D eigenvalue weighted by atomic mass is 35.5. The van der Waals surface area contributed by atoms with Gasteiger partial charge in [-0.25, -0.2) is 0 Å². The normalized spacial score (nSPS) is 32.3. The molecule has 4 atom stereocenters. The number of rotatable bonds is 2. The van der Waals surface area contributed by atoms with Gasteiger partial charge < -0.3 is 21.3 Å². The second-order valence-corrected chi connectivity index (χ2v) is 10.3. The topological polar surface area (TPSA) is 48.1 Å². The summed E-state index contributed by atoms with van der Waals surface area (Å²) in [6.07, 6.45) is 4.44. The number of hydrogen-bond acceptors (Lipinski definition) is 2. The molecule has 4 unspecified atom stereocenters. The fourth-order valence-electron chi connectivity index (χ4n) is 5.62. The first-order valence-electron chi connectivity index (χ1n) is 10.6. The Morgan fingerprint density at radius 2 is 1.06 bits per heavy atom. The molecule has 3 aliphatic rings. The van der Waals surface area contributed by atoms with Crippen LogP contribution < -0.4 is 21.3 Å². The van der Waals surface area contributed by atoms with Gasteiger partial charge in [0, 0.05) is 21.9 Å². The van der Waals surface area contributed by atoms with Crippen LogP contribution in [-0.4, -0.2) is 15.9 Å². The molecule has 1 saturated carbocycles. The van der Waals surface area contributed by atoms with E-state index in [9.17, 15) is 0 Å². The van der Waals surface area contributed by atoms with Gasteiger partial charge in [-0.2, -0.15) is 0 Å². The van der Waals surface area contributed by atoms with E-state index in [1.807, 2.05) is 24.3 Å². The fraction of sp³-hybridized carbons (Fsp3) is 0.391. The van der Waals surface area contributed by atoms with E-state index in [0.29, 0.717) is 10.2 Å². The summed E-state index contributed by atoms with van der Waals surface area (Å²) in [5.41, 5.74) is 1.94. The fourth-order valence-corrected chi connectivity index (χ4v) is 6.47. The predicted octanol–water partition coefficient (Wildman–Crippen LogP) is 5.23. The van der Waals surface area contributed by atoms with E-state index in [2.05, 4.69) is 45.5 Å². The van der Waals surface area contributed by atoms with Crippen molar-refractivity contribution < 1.29 is 0 Å². The van der Waals surface area contributed by atoms with Gasteiger partial charge in [-0.3, -0.25) is 0 Å². The number of benzene rings is 2. The van der Waals surface area contributed by atoms with Gasteiger partial charge in [-0.1, -0.05) is 60.3 Å². The third-order valence-electron chi connectivity index (χ3n) is 6.93. The van der Waals surface area contributed by atoms with Crippen molar-refractivity contribution >= 4 is 57.9 Å². The van der Waals surface area contributed by atoms with Crippen molar-refractivity contribution in [3.8, 4) is 0 Å². The van der Waals surface area contributed by atoms with E-state index in [-0.39, 0.29) is 23.9 Å². The molecule has 4 nitrogen and oxygen atoms in total. The zero-order valence-electron chi connectivity index (χ0n) is 16.8. The van der Waals surface area contributed by atoms with Crippen molar-refractivity contribution in [1.29, 1.82) is 0 Å². The molecule has 2 heterocycles. The van der Waals surface area contributed by atoms with Gasteiger partial charge in [0.15, 0.2) is 10.2 Å². The third-order valence-corrected chi connectivity index (χ3v) is 7.87. The van der Waals surface area contributed by atoms with Crippen LogP contribution in [0.1, 0.15) is 48.9 Å². The van der Waals surface area contributed by atoms with E-state index >= 15 is 0 Å². The second-order valence-electron chi connectivity index (χ2n) is 8.62. The minimum absolute atomic E-state index is 0.0749. The molecule has 2 aromatic rings. The smallest absolute Gasteiger partial charge is 0.168 e. The highest BCUT2D eigenvalue weighted by molar-refractivity contribution is 7.80. The molecule has 3 fully saturated rings. The molecule has 2 aliphatic heterocycles. The summed E-state index contributed by atoms with van der Waals surface area (Å²) < 4.78 is 0. The van der Waals surface area contributed by atoms with Gasteiger partial charge in [0.25, 0.3) is 0 Å². The van der Waals surface area contributed by atoms with E-state index in [1.54, 1.807) is 0 Å². The monoisotopic (exact) mass is 490 g/mol. The lowest BCUT2D eigenvalue weighted by molar-refractivity contribution is 0.0537. The van der Waals surface area contributed by atoms with Crippen LogP contribution in [0.25, 0.3) is 0 Å². The summed E-state index contributed by atoms with van der Waals surface area (Å²) in [6, 6.07) is 16.3. The van der Waals surface area contributed by atoms with Gasteiger partial charge in [-0.05, 0) is 72.7 Å². The first kappa shape index (κ1) is 21.3. The summed E-state index contributed by atoms with van der Waals surface area (Å²) in [6.45, 7) is 0. The average Bonchev–Trinajstić information content (AvgIpc) is 2.93. The molecule has 1 aliphatic carbocycles. The molecule has 0 bridgehead atoms. The Balaban J connectivity index is 1.60. The molecule has 2 aromatic carbocycles. The molecule has 31 heavy (non-hydrogen) atoms. The molecule has 0 amide bonds. The molecule has 5 rings (SSSR count). The highest BCUT2D eigenvalue weighted by Gasteiger charge is 2.57. The van der Waals surface area contributed by atoms with Crippen LogP contribution in [0.4, 0.5) is 0 Å². The van der Waals surface area contributed by atoms with Crippen LogP contribution in [0, 0.1) is 11.8 Å². The van der Waals surface area contributed by atoms with Crippen molar-refractivity contribution in [2.75, 3.05) is 0 Å². The highest BCUT2D eigenvalue weighted by Crippen LogP contribution is 2.49. The Labute approximate surface area is 203 Å². The summed E-state index contributed by atoms with van der Waals surface area (Å²) in [5, 5.41) is 17.2. The van der Waals surface area contributed by atoms with E-state index in [0.717, 1.165) is 35.7 Å². The molecule has 0 aromatic heterocycles. The first-order valence-corrected chi connectivity index (χ1v) is 12.2. The van der Waals surface area contributed by atoms with E-state index < -0.39 is 5.66 Å². The molecule has 8 heteroatoms. The van der Waals surface area contributed by atoms with Crippen molar-refractivity contribution in [3.05, 3.63) is 69.7 Å². The maximum atomic E-state index is 6.16. The minimum Gasteiger partial charge on any atom is -0.355 e. The Kier molecular flexibility index (Phi) is 5.76. The summed E-state index contributed by atoms with van der Waals surface area (Å²) in [5.74, 6) is 0.505. The second kappa shape index (κ2) is 8.39. The van der Waals surface area contributed by atoms with Gasteiger partial charge in [-0.15, -0.1) is 0 Å². The van der Waals surface area contributed by atoms with Crippen LogP contribution in [0.2, 0.25) is 10.0 Å². The van der Waals surface area contributed by atoms with Crippen LogP contribution in [0.5, 0.6) is 0 Å². The van der Waals surface area contributed by atoms with Gasteiger partial charge >= 0.3 is 0 Å². The Hall–Kier alpha value is -1.60. The number of halogens is 2. The molecular formula is C23H24Cl2N4S2. The lowest BCUT2D eigenvalue weighted by Crippen LogP contribution is -2.79. The van der Waals surface area contributed by atoms with E-state index in [1.165, 1.54) is 11.1 Å². The lowest BCUT2D eigenvalue weighted by Gasteiger charge is -2.57. The SMILES string of the molecule is S=C1NC(c2ccc(Cl)cc2)C2CCCCC3C(c4ccc(Cl)cc4)NC(=S)NC23N1. The zero-order chi connectivity index (χ0) is 21.6. The standard InChI is InChI=1S/C23H24Cl2N4S2/c24-15-9-5-13(6-10-15)19-17-3-1-2-4-18-20(14-7-11-16(25)12-8-14)27-22(31)29-23(17,18)28-21(30)26-19/h5-12,17-20H,1-4H2,(H2,26,28,30)(H2,27,29,31). The third kappa shape index (κ3) is 3.88. The van der Waals surface area contributed by atoms with Crippen LogP contribution in [0.15, 0.2) is 48.5 Å². The number of nitrogens with one attached hydrogen (secondary N) is 4. The quantitative estimate of drug-likeness (QED) is 0.432. The van der Waals surface area contributed by atoms with Crippen LogP contribution in [-0.2, 0) is 0 Å². The molecule has 1 spiro atoms. The van der Waals surface area contributed by atoms with Crippen LogP contribution >= 0.6 is 47.6 Å². The van der Waals surface area contributed by atoms with Gasteiger partial charge in [0.2, 0.25) is 0 Å². The summed E-state index contributed by atoms with van der Waals surface area (Å²) in [4.78, 5) is 0. The average molecular weight is 492 g/mol. The number of thiocarbonyl (C=S) groups is 2. The van der Waals surface area contributed by atoms with Gasteiger partial charge in [0.05, 0.1) is 12.1 Å². The van der Waals surface area contributed by atoms with Crippen molar-refractivity contribution in [2.45, 2.75) is 43.4 Å². The molecule has 4 N–H and O–H groups in total.